The van der Waals surface area contributed by atoms with Crippen LogP contribution in [-0.2, 0) is 0 Å². The van der Waals surface area contributed by atoms with E-state index in [0.29, 0.717) is 0 Å². The summed E-state index contributed by atoms with van der Waals surface area (Å²) in [6, 6.07) is 0. The smallest absolute Gasteiger partial charge is 0.0282 e. The Morgan fingerprint density at radius 2 is 2.09 bits per heavy atom. The second-order valence-corrected chi connectivity index (χ2v) is 4.29. The lowest BCUT2D eigenvalue weighted by molar-refractivity contribution is 0.298. The summed E-state index contributed by atoms with van der Waals surface area (Å²) in [4.78, 5) is 0. The van der Waals surface area contributed by atoms with Gasteiger partial charge in [0.05, 0.1) is 0 Å². The molecule has 2 rings (SSSR count). The normalized spacial score (nSPS) is 28.1. The molecule has 0 unspecified atom stereocenters. The molecule has 64 valence electrons. The van der Waals surface area contributed by atoms with Gasteiger partial charge in [-0.2, -0.15) is 0 Å². The number of nitrogens with one attached hydrogen (secondary N) is 1. The SMILES string of the molecule is NC1(CNCC2CCC2)CC1. The maximum Gasteiger partial charge on any atom is 0.0282 e. The first-order chi connectivity index (χ1) is 5.29. The van der Waals surface area contributed by atoms with Gasteiger partial charge in [0.1, 0.15) is 0 Å². The summed E-state index contributed by atoms with van der Waals surface area (Å²) >= 11 is 0. The van der Waals surface area contributed by atoms with Crippen LogP contribution in [0.4, 0.5) is 0 Å². The molecule has 2 heteroatoms. The van der Waals surface area contributed by atoms with E-state index in [9.17, 15) is 0 Å². The molecule has 3 N–H and O–H groups in total. The van der Waals surface area contributed by atoms with Crippen molar-refractivity contribution in [3.05, 3.63) is 0 Å². The van der Waals surface area contributed by atoms with Crippen molar-refractivity contribution in [2.45, 2.75) is 37.6 Å². The number of nitrogens with two attached hydrogens (primary N) is 1. The van der Waals surface area contributed by atoms with Crippen molar-refractivity contribution in [3.8, 4) is 0 Å². The summed E-state index contributed by atoms with van der Waals surface area (Å²) < 4.78 is 0. The van der Waals surface area contributed by atoms with Gasteiger partial charge >= 0.3 is 0 Å². The lowest BCUT2D eigenvalue weighted by Gasteiger charge is -2.26. The summed E-state index contributed by atoms with van der Waals surface area (Å²) in [6.45, 7) is 2.25. The predicted molar refractivity (Wildman–Crippen MR) is 46.4 cm³/mol. The molecule has 2 aliphatic carbocycles. The molecule has 11 heavy (non-hydrogen) atoms. The van der Waals surface area contributed by atoms with E-state index >= 15 is 0 Å². The fraction of sp³-hybridized carbons (Fsp3) is 1.00. The van der Waals surface area contributed by atoms with Gasteiger partial charge in [-0.3, -0.25) is 0 Å². The van der Waals surface area contributed by atoms with Gasteiger partial charge in [-0.05, 0) is 38.1 Å². The third-order valence-electron chi connectivity index (χ3n) is 3.03. The monoisotopic (exact) mass is 154 g/mol. The van der Waals surface area contributed by atoms with E-state index in [4.69, 9.17) is 5.73 Å². The van der Waals surface area contributed by atoms with Gasteiger partial charge in [0.15, 0.2) is 0 Å². The molecule has 0 aliphatic heterocycles. The van der Waals surface area contributed by atoms with Crippen LogP contribution >= 0.6 is 0 Å². The zero-order chi connectivity index (χ0) is 7.73. The van der Waals surface area contributed by atoms with Crippen molar-refractivity contribution in [1.29, 1.82) is 0 Å². The number of hydrogen-bond donors (Lipinski definition) is 2. The largest absolute Gasteiger partial charge is 0.324 e. The standard InChI is InChI=1S/C9H18N2/c10-9(4-5-9)7-11-6-8-2-1-3-8/h8,11H,1-7,10H2. The van der Waals surface area contributed by atoms with Crippen LogP contribution in [-0.4, -0.2) is 18.6 Å². The molecule has 2 saturated carbocycles. The highest BCUT2D eigenvalue weighted by Gasteiger charge is 2.37. The van der Waals surface area contributed by atoms with E-state index in [1.54, 1.807) is 0 Å². The van der Waals surface area contributed by atoms with Gasteiger partial charge in [-0.1, -0.05) is 6.42 Å². The van der Waals surface area contributed by atoms with Crippen LogP contribution in [0.15, 0.2) is 0 Å². The van der Waals surface area contributed by atoms with Gasteiger partial charge in [0, 0.05) is 12.1 Å². The van der Waals surface area contributed by atoms with Gasteiger partial charge in [-0.15, -0.1) is 0 Å². The van der Waals surface area contributed by atoms with Crippen LogP contribution in [0.25, 0.3) is 0 Å². The molecule has 0 saturated heterocycles. The predicted octanol–water partition coefficient (Wildman–Crippen LogP) is 0.867. The van der Waals surface area contributed by atoms with Gasteiger partial charge < -0.3 is 11.1 Å². The Morgan fingerprint density at radius 1 is 1.36 bits per heavy atom. The minimum Gasteiger partial charge on any atom is -0.324 e. The number of hydrogen-bond acceptors (Lipinski definition) is 2. The zero-order valence-corrected chi connectivity index (χ0v) is 7.10. The average molecular weight is 154 g/mol. The van der Waals surface area contributed by atoms with Crippen molar-refractivity contribution < 1.29 is 0 Å². The van der Waals surface area contributed by atoms with E-state index in [2.05, 4.69) is 5.32 Å². The second-order valence-electron chi connectivity index (χ2n) is 4.29. The molecule has 0 aromatic rings. The highest BCUT2D eigenvalue weighted by atomic mass is 15.0. The summed E-state index contributed by atoms with van der Waals surface area (Å²) in [7, 11) is 0. The van der Waals surface area contributed by atoms with E-state index in [1.807, 2.05) is 0 Å². The molecule has 0 radical (unpaired) electrons. The summed E-state index contributed by atoms with van der Waals surface area (Å²) in [6.07, 6.45) is 6.77. The quantitative estimate of drug-likeness (QED) is 0.630. The molecular formula is C9H18N2. The third-order valence-corrected chi connectivity index (χ3v) is 3.03. The Labute approximate surface area is 68.5 Å². The first kappa shape index (κ1) is 7.56. The molecule has 2 fully saturated rings. The highest BCUT2D eigenvalue weighted by Crippen LogP contribution is 2.31. The third kappa shape index (κ3) is 1.94. The van der Waals surface area contributed by atoms with Crippen molar-refractivity contribution in [1.82, 2.24) is 5.32 Å². The average Bonchev–Trinajstić information content (AvgIpc) is 2.57. The van der Waals surface area contributed by atoms with Crippen molar-refractivity contribution in [3.63, 3.8) is 0 Å². The maximum absolute atomic E-state index is 5.93. The van der Waals surface area contributed by atoms with Gasteiger partial charge in [-0.25, -0.2) is 0 Å². The minimum atomic E-state index is 0.198. The van der Waals surface area contributed by atoms with Crippen molar-refractivity contribution in [2.24, 2.45) is 11.7 Å². The molecule has 0 heterocycles. The van der Waals surface area contributed by atoms with Crippen LogP contribution in [0.3, 0.4) is 0 Å². The first-order valence-electron chi connectivity index (χ1n) is 4.78. The number of rotatable bonds is 4. The Morgan fingerprint density at radius 3 is 2.55 bits per heavy atom. The molecular weight excluding hydrogens is 136 g/mol. The van der Waals surface area contributed by atoms with E-state index in [1.165, 1.54) is 38.6 Å². The van der Waals surface area contributed by atoms with Gasteiger partial charge in [0.25, 0.3) is 0 Å². The molecule has 2 aliphatic rings. The topological polar surface area (TPSA) is 38.0 Å². The maximum atomic E-state index is 5.93. The lowest BCUT2D eigenvalue weighted by Crippen LogP contribution is -2.39. The van der Waals surface area contributed by atoms with Crippen LogP contribution in [0.2, 0.25) is 0 Å². The van der Waals surface area contributed by atoms with E-state index < -0.39 is 0 Å². The Bertz CT molecular complexity index is 136. The lowest BCUT2D eigenvalue weighted by atomic mass is 9.85. The molecule has 0 spiro atoms. The first-order valence-corrected chi connectivity index (χ1v) is 4.78. The fourth-order valence-electron chi connectivity index (χ4n) is 1.56. The van der Waals surface area contributed by atoms with Crippen molar-refractivity contribution in [2.75, 3.05) is 13.1 Å². The van der Waals surface area contributed by atoms with Crippen LogP contribution < -0.4 is 11.1 Å². The molecule has 0 aromatic carbocycles. The molecule has 0 aromatic heterocycles. The Balaban J connectivity index is 1.53. The minimum absolute atomic E-state index is 0.198. The van der Waals surface area contributed by atoms with Crippen LogP contribution in [0.1, 0.15) is 32.1 Å². The summed E-state index contributed by atoms with van der Waals surface area (Å²) in [5.74, 6) is 0.970. The summed E-state index contributed by atoms with van der Waals surface area (Å²) in [5.41, 5.74) is 6.13. The fourth-order valence-corrected chi connectivity index (χ4v) is 1.56. The van der Waals surface area contributed by atoms with Crippen LogP contribution in [0, 0.1) is 5.92 Å². The second kappa shape index (κ2) is 2.76. The van der Waals surface area contributed by atoms with E-state index in [0.717, 1.165) is 12.5 Å². The molecule has 0 amide bonds. The van der Waals surface area contributed by atoms with E-state index in [-0.39, 0.29) is 5.54 Å². The summed E-state index contributed by atoms with van der Waals surface area (Å²) in [5, 5.41) is 3.46. The van der Waals surface area contributed by atoms with Crippen molar-refractivity contribution >= 4 is 0 Å². The Hall–Kier alpha value is -0.0800. The molecule has 0 atom stereocenters. The molecule has 0 bridgehead atoms. The highest BCUT2D eigenvalue weighted by molar-refractivity contribution is 5.00. The Kier molecular flexibility index (Phi) is 1.90. The van der Waals surface area contributed by atoms with Crippen LogP contribution in [0.5, 0.6) is 0 Å². The zero-order valence-electron chi connectivity index (χ0n) is 7.10. The van der Waals surface area contributed by atoms with Gasteiger partial charge in [0.2, 0.25) is 0 Å². The molecule has 2 nitrogen and oxygen atoms in total.